The van der Waals surface area contributed by atoms with E-state index in [0.29, 0.717) is 41.9 Å². The van der Waals surface area contributed by atoms with Crippen molar-refractivity contribution in [3.05, 3.63) is 0 Å². The topological polar surface area (TPSA) is 118 Å². The Kier molecular flexibility index (Phi) is 7.30. The first kappa shape index (κ1) is 29.4. The number of hydrogen-bond donors (Lipinski definition) is 1. The first-order chi connectivity index (χ1) is 19.3. The second-order valence-electron chi connectivity index (χ2n) is 14.8. The predicted octanol–water partition coefficient (Wildman–Crippen LogP) is 4.03. The van der Waals surface area contributed by atoms with Crippen LogP contribution >= 0.6 is 0 Å². The molecule has 6 aliphatic rings. The molecule has 0 bridgehead atoms. The Balaban J connectivity index is 1.24. The molecule has 230 valence electrons. The van der Waals surface area contributed by atoms with Gasteiger partial charge >= 0.3 is 17.9 Å². The van der Waals surface area contributed by atoms with Gasteiger partial charge in [-0.15, -0.1) is 0 Å². The molecular weight excluding hydrogens is 528 g/mol. The van der Waals surface area contributed by atoms with E-state index in [1.54, 1.807) is 0 Å². The third kappa shape index (κ3) is 4.38. The van der Waals surface area contributed by atoms with Gasteiger partial charge in [-0.05, 0) is 85.4 Å². The molecule has 41 heavy (non-hydrogen) atoms. The molecule has 1 N–H and O–H groups in total. The van der Waals surface area contributed by atoms with Crippen LogP contribution in [0.2, 0.25) is 0 Å². The highest BCUT2D eigenvalue weighted by molar-refractivity contribution is 6.29. The van der Waals surface area contributed by atoms with Crippen LogP contribution in [0, 0.1) is 52.3 Å². The Bertz CT molecular complexity index is 1070. The number of esters is 3. The van der Waals surface area contributed by atoms with Crippen LogP contribution < -0.4 is 0 Å². The van der Waals surface area contributed by atoms with Crippen LogP contribution in [0.15, 0.2) is 0 Å². The zero-order chi connectivity index (χ0) is 29.5. The largest absolute Gasteiger partial charge is 0.461 e. The molecule has 2 heterocycles. The van der Waals surface area contributed by atoms with E-state index in [0.717, 1.165) is 58.7 Å². The minimum absolute atomic E-state index is 0.0900. The van der Waals surface area contributed by atoms with Gasteiger partial charge < -0.3 is 28.8 Å². The van der Waals surface area contributed by atoms with Crippen molar-refractivity contribution in [3.8, 4) is 0 Å². The van der Waals surface area contributed by atoms with Gasteiger partial charge in [0.15, 0.2) is 11.9 Å². The lowest BCUT2D eigenvalue weighted by Gasteiger charge is -2.63. The summed E-state index contributed by atoms with van der Waals surface area (Å²) in [5, 5.41) is 11.4. The van der Waals surface area contributed by atoms with Crippen molar-refractivity contribution in [2.75, 3.05) is 13.7 Å². The van der Waals surface area contributed by atoms with Crippen molar-refractivity contribution in [2.24, 2.45) is 52.3 Å². The summed E-state index contributed by atoms with van der Waals surface area (Å²) in [7, 11) is 1.10. The molecule has 0 aromatic heterocycles. The van der Waals surface area contributed by atoms with Crippen molar-refractivity contribution in [2.45, 2.75) is 116 Å². The van der Waals surface area contributed by atoms with Gasteiger partial charge in [0.2, 0.25) is 0 Å². The molecule has 9 heteroatoms. The maximum absolute atomic E-state index is 12.3. The van der Waals surface area contributed by atoms with Gasteiger partial charge in [0.05, 0.1) is 25.9 Å². The molecule has 0 radical (unpaired) electrons. The van der Waals surface area contributed by atoms with Crippen LogP contribution in [0.4, 0.5) is 0 Å². The second-order valence-corrected chi connectivity index (χ2v) is 14.8. The van der Waals surface area contributed by atoms with Crippen LogP contribution in [-0.2, 0) is 38.1 Å². The zero-order valence-corrected chi connectivity index (χ0v) is 25.4. The van der Waals surface area contributed by atoms with E-state index in [-0.39, 0.29) is 22.9 Å². The summed E-state index contributed by atoms with van der Waals surface area (Å²) in [6.45, 7) is 11.4. The van der Waals surface area contributed by atoms with E-state index >= 15 is 0 Å². The molecule has 14 atom stereocenters. The van der Waals surface area contributed by atoms with Gasteiger partial charge in [0, 0.05) is 25.2 Å². The van der Waals surface area contributed by atoms with Crippen molar-refractivity contribution >= 4 is 17.9 Å². The van der Waals surface area contributed by atoms with E-state index in [2.05, 4.69) is 32.4 Å². The molecule has 0 amide bonds. The summed E-state index contributed by atoms with van der Waals surface area (Å²) in [6, 6.07) is 0. The van der Waals surface area contributed by atoms with Gasteiger partial charge in [0.1, 0.15) is 6.10 Å². The lowest BCUT2D eigenvalue weighted by Crippen LogP contribution is -2.63. The Hall–Kier alpha value is -1.71. The van der Waals surface area contributed by atoms with Crippen LogP contribution in [0.1, 0.15) is 86.0 Å². The van der Waals surface area contributed by atoms with Gasteiger partial charge in [-0.25, -0.2) is 9.59 Å². The fourth-order valence-electron chi connectivity index (χ4n) is 11.1. The molecule has 6 rings (SSSR count). The van der Waals surface area contributed by atoms with E-state index in [1.165, 1.54) is 6.92 Å². The molecule has 0 aromatic carbocycles. The molecule has 0 aromatic rings. The fourth-order valence-corrected chi connectivity index (χ4v) is 11.1. The minimum atomic E-state index is -1.18. The monoisotopic (exact) mass is 576 g/mol. The number of carbonyl (C=O) groups is 3. The summed E-state index contributed by atoms with van der Waals surface area (Å²) in [4.78, 5) is 36.4. The SMILES string of the molecule is COC(=O)C(=O)OC1C(O)C[C@@]2(C)C(CC[C@H]3[C@@H]4C[C@@H]5O[C@]6(CCC(C)CO6)[C@@H](C)[C@@H]5[C@@]4(C)CC[C@@H]32)C1OC(C)=O. The number of aliphatic hydroxyl groups is 1. The van der Waals surface area contributed by atoms with E-state index in [1.807, 2.05) is 0 Å². The highest BCUT2D eigenvalue weighted by atomic mass is 16.7. The van der Waals surface area contributed by atoms with Crippen LogP contribution in [0.5, 0.6) is 0 Å². The summed E-state index contributed by atoms with van der Waals surface area (Å²) in [5.41, 5.74) is -0.127. The molecule has 5 unspecified atom stereocenters. The number of fused-ring (bicyclic) bond motifs is 7. The number of aliphatic hydroxyl groups excluding tert-OH is 1. The summed E-state index contributed by atoms with van der Waals surface area (Å²) in [6.07, 6.45) is 4.75. The Labute approximate surface area is 243 Å². The number of carbonyl (C=O) groups excluding carboxylic acids is 3. The summed E-state index contributed by atoms with van der Waals surface area (Å²) >= 11 is 0. The minimum Gasteiger partial charge on any atom is -0.461 e. The summed E-state index contributed by atoms with van der Waals surface area (Å²) in [5.74, 6) is -0.572. The third-order valence-electron chi connectivity index (χ3n) is 12.9. The zero-order valence-electron chi connectivity index (χ0n) is 25.4. The van der Waals surface area contributed by atoms with Crippen molar-refractivity contribution in [1.82, 2.24) is 0 Å². The van der Waals surface area contributed by atoms with Gasteiger partial charge in [-0.3, -0.25) is 4.79 Å². The standard InChI is InChI=1S/C32H48O9/c1-16-9-12-32(38-15-16)17(2)25-24(41-32)13-22-19-7-8-21-26(39-18(3)33)27(40-29(36)28(35)37-6)23(34)14-31(21,5)20(19)10-11-30(22,25)4/h16-17,19-27,34H,7-15H2,1-6H3/t16?,17-,19+,20-,21?,22-,23?,24-,25-,26?,27?,30-,31+,32+/m0/s1. The van der Waals surface area contributed by atoms with Crippen LogP contribution in [0.3, 0.4) is 0 Å². The first-order valence-corrected chi connectivity index (χ1v) is 15.8. The third-order valence-corrected chi connectivity index (χ3v) is 12.9. The maximum atomic E-state index is 12.3. The van der Waals surface area contributed by atoms with Crippen molar-refractivity contribution < 1.29 is 43.2 Å². The number of hydrogen-bond acceptors (Lipinski definition) is 9. The lowest BCUT2D eigenvalue weighted by molar-refractivity contribution is -0.273. The van der Waals surface area contributed by atoms with E-state index in [4.69, 9.17) is 18.9 Å². The molecule has 9 nitrogen and oxygen atoms in total. The molecular formula is C32H48O9. The second kappa shape index (κ2) is 10.2. The van der Waals surface area contributed by atoms with E-state index < -0.39 is 42.0 Å². The molecule has 2 aliphatic heterocycles. The normalized spacial score (nSPS) is 52.0. The smallest absolute Gasteiger partial charge is 0.417 e. The van der Waals surface area contributed by atoms with Crippen molar-refractivity contribution in [3.63, 3.8) is 0 Å². The summed E-state index contributed by atoms with van der Waals surface area (Å²) < 4.78 is 29.1. The molecule has 6 fully saturated rings. The maximum Gasteiger partial charge on any atom is 0.417 e. The molecule has 4 aliphatic carbocycles. The van der Waals surface area contributed by atoms with Gasteiger partial charge in [-0.1, -0.05) is 27.7 Å². The van der Waals surface area contributed by atoms with Crippen LogP contribution in [-0.4, -0.2) is 66.9 Å². The Morgan fingerprint density at radius 1 is 0.878 bits per heavy atom. The predicted molar refractivity (Wildman–Crippen MR) is 146 cm³/mol. The Morgan fingerprint density at radius 3 is 2.29 bits per heavy atom. The highest BCUT2D eigenvalue weighted by Crippen LogP contribution is 2.71. The highest BCUT2D eigenvalue weighted by Gasteiger charge is 2.70. The quantitative estimate of drug-likeness (QED) is 0.295. The van der Waals surface area contributed by atoms with Gasteiger partial charge in [0.25, 0.3) is 0 Å². The molecule has 1 spiro atoms. The van der Waals surface area contributed by atoms with Crippen molar-refractivity contribution in [1.29, 1.82) is 0 Å². The molecule has 2 saturated heterocycles. The average Bonchev–Trinajstić information content (AvgIpc) is 3.36. The number of methoxy groups -OCH3 is 1. The number of rotatable bonds is 2. The molecule has 4 saturated carbocycles. The Morgan fingerprint density at radius 2 is 1.63 bits per heavy atom. The van der Waals surface area contributed by atoms with E-state index in [9.17, 15) is 19.5 Å². The van der Waals surface area contributed by atoms with Crippen LogP contribution in [0.25, 0.3) is 0 Å². The first-order valence-electron chi connectivity index (χ1n) is 15.8. The average molecular weight is 577 g/mol. The van der Waals surface area contributed by atoms with Gasteiger partial charge in [-0.2, -0.15) is 0 Å². The number of ether oxygens (including phenoxy) is 5. The lowest BCUT2D eigenvalue weighted by atomic mass is 9.43. The fraction of sp³-hybridized carbons (Fsp3) is 0.906.